The highest BCUT2D eigenvalue weighted by Crippen LogP contribution is 2.28. The summed E-state index contributed by atoms with van der Waals surface area (Å²) in [6.45, 7) is 2.45. The molecule has 0 saturated carbocycles. The Labute approximate surface area is 117 Å². The Hall–Kier alpha value is -1.92. The summed E-state index contributed by atoms with van der Waals surface area (Å²) in [5.41, 5.74) is 7.77. The van der Waals surface area contributed by atoms with E-state index in [2.05, 4.69) is 10.1 Å². The maximum Gasteiger partial charge on any atom is 0.228 e. The van der Waals surface area contributed by atoms with Crippen molar-refractivity contribution in [3.8, 4) is 17.1 Å². The number of hydrogen-bond acceptors (Lipinski definition) is 6. The Morgan fingerprint density at radius 1 is 1.35 bits per heavy atom. The third-order valence-electron chi connectivity index (χ3n) is 2.88. The first-order chi connectivity index (χ1) is 9.63. The van der Waals surface area contributed by atoms with Crippen molar-refractivity contribution >= 4 is 0 Å². The van der Waals surface area contributed by atoms with E-state index in [0.29, 0.717) is 24.7 Å². The van der Waals surface area contributed by atoms with Crippen LogP contribution in [0, 0.1) is 6.92 Å². The van der Waals surface area contributed by atoms with E-state index in [1.54, 1.807) is 14.2 Å². The number of aromatic nitrogens is 2. The normalized spacial score (nSPS) is 12.4. The number of nitrogens with zero attached hydrogens (tertiary/aromatic N) is 2. The molecule has 0 spiro atoms. The van der Waals surface area contributed by atoms with Gasteiger partial charge < -0.3 is 19.7 Å². The number of hydrogen-bond donors (Lipinski definition) is 1. The van der Waals surface area contributed by atoms with Crippen LogP contribution in [-0.4, -0.2) is 37.0 Å². The number of nitrogens with two attached hydrogens (primary N) is 1. The summed E-state index contributed by atoms with van der Waals surface area (Å²) in [5, 5.41) is 3.98. The summed E-state index contributed by atoms with van der Waals surface area (Å²) < 4.78 is 15.5. The molecule has 0 aliphatic heterocycles. The molecule has 2 aromatic rings. The zero-order valence-corrected chi connectivity index (χ0v) is 11.9. The average Bonchev–Trinajstić information content (AvgIpc) is 2.87. The van der Waals surface area contributed by atoms with Crippen LogP contribution in [-0.2, 0) is 11.2 Å². The molecule has 20 heavy (non-hydrogen) atoms. The second-order valence-corrected chi connectivity index (χ2v) is 4.64. The summed E-state index contributed by atoms with van der Waals surface area (Å²) in [6, 6.07) is 5.66. The van der Waals surface area contributed by atoms with Crippen LogP contribution < -0.4 is 10.5 Å². The van der Waals surface area contributed by atoms with E-state index in [9.17, 15) is 0 Å². The van der Waals surface area contributed by atoms with E-state index >= 15 is 0 Å². The highest BCUT2D eigenvalue weighted by molar-refractivity contribution is 5.64. The van der Waals surface area contributed by atoms with Crippen molar-refractivity contribution in [1.29, 1.82) is 0 Å². The zero-order valence-electron chi connectivity index (χ0n) is 11.9. The van der Waals surface area contributed by atoms with Crippen LogP contribution >= 0.6 is 0 Å². The van der Waals surface area contributed by atoms with E-state index < -0.39 is 0 Å². The minimum absolute atomic E-state index is 0.159. The van der Waals surface area contributed by atoms with Gasteiger partial charge in [0.25, 0.3) is 0 Å². The van der Waals surface area contributed by atoms with Gasteiger partial charge in [-0.2, -0.15) is 4.98 Å². The van der Waals surface area contributed by atoms with Gasteiger partial charge in [0.15, 0.2) is 0 Å². The second-order valence-electron chi connectivity index (χ2n) is 4.64. The topological polar surface area (TPSA) is 83.4 Å². The van der Waals surface area contributed by atoms with Gasteiger partial charge in [0.2, 0.25) is 11.7 Å². The zero-order chi connectivity index (χ0) is 14.5. The third-order valence-corrected chi connectivity index (χ3v) is 2.88. The molecular weight excluding hydrogens is 258 g/mol. The van der Waals surface area contributed by atoms with Crippen LogP contribution in [0.5, 0.6) is 5.75 Å². The molecule has 0 saturated heterocycles. The molecule has 1 unspecified atom stereocenters. The number of aryl methyl sites for hydroxylation is 1. The van der Waals surface area contributed by atoms with Gasteiger partial charge in [-0.25, -0.2) is 0 Å². The van der Waals surface area contributed by atoms with Gasteiger partial charge in [-0.05, 0) is 24.6 Å². The van der Waals surface area contributed by atoms with Gasteiger partial charge in [-0.15, -0.1) is 0 Å². The molecule has 2 rings (SSSR count). The van der Waals surface area contributed by atoms with Crippen LogP contribution in [0.4, 0.5) is 0 Å². The summed E-state index contributed by atoms with van der Waals surface area (Å²) in [5.74, 6) is 1.71. The molecule has 0 fully saturated rings. The molecule has 6 nitrogen and oxygen atoms in total. The highest BCUT2D eigenvalue weighted by Gasteiger charge is 2.15. The lowest BCUT2D eigenvalue weighted by atomic mass is 10.1. The minimum Gasteiger partial charge on any atom is -0.496 e. The van der Waals surface area contributed by atoms with Crippen molar-refractivity contribution in [3.05, 3.63) is 29.7 Å². The Balaban J connectivity index is 2.20. The third kappa shape index (κ3) is 3.34. The van der Waals surface area contributed by atoms with E-state index in [4.69, 9.17) is 19.7 Å². The molecule has 0 amide bonds. The van der Waals surface area contributed by atoms with E-state index in [-0.39, 0.29) is 6.04 Å². The Morgan fingerprint density at radius 3 is 2.85 bits per heavy atom. The lowest BCUT2D eigenvalue weighted by Crippen LogP contribution is -2.28. The summed E-state index contributed by atoms with van der Waals surface area (Å²) >= 11 is 0. The first-order valence-electron chi connectivity index (χ1n) is 6.36. The largest absolute Gasteiger partial charge is 0.496 e. The molecule has 0 aliphatic rings. The number of methoxy groups -OCH3 is 2. The van der Waals surface area contributed by atoms with E-state index in [0.717, 1.165) is 16.9 Å². The molecule has 1 heterocycles. The molecule has 1 atom stereocenters. The maximum absolute atomic E-state index is 5.86. The van der Waals surface area contributed by atoms with Gasteiger partial charge in [0.05, 0.1) is 19.3 Å². The van der Waals surface area contributed by atoms with Crippen LogP contribution in [0.2, 0.25) is 0 Å². The molecule has 0 radical (unpaired) electrons. The molecule has 1 aromatic carbocycles. The SMILES string of the molecule is COCC(N)Cc1nc(-c2ccc(C)cc2OC)no1. The average molecular weight is 277 g/mol. The van der Waals surface area contributed by atoms with Crippen molar-refractivity contribution < 1.29 is 14.0 Å². The predicted molar refractivity (Wildman–Crippen MR) is 74.6 cm³/mol. The van der Waals surface area contributed by atoms with E-state index in [1.165, 1.54) is 0 Å². The standard InChI is InChI=1S/C14H19N3O3/c1-9-4-5-11(12(6-9)19-3)14-16-13(20-17-14)7-10(15)8-18-2/h4-6,10H,7-8,15H2,1-3H3. The quantitative estimate of drug-likeness (QED) is 0.863. The van der Waals surface area contributed by atoms with Crippen LogP contribution in [0.1, 0.15) is 11.5 Å². The molecule has 1 aromatic heterocycles. The van der Waals surface area contributed by atoms with Crippen molar-refractivity contribution in [2.75, 3.05) is 20.8 Å². The summed E-state index contributed by atoms with van der Waals surface area (Å²) in [6.07, 6.45) is 0.481. The van der Waals surface area contributed by atoms with Gasteiger partial charge in [-0.1, -0.05) is 11.2 Å². The molecule has 2 N–H and O–H groups in total. The Morgan fingerprint density at radius 2 is 2.15 bits per heavy atom. The van der Waals surface area contributed by atoms with E-state index in [1.807, 2.05) is 25.1 Å². The Bertz CT molecular complexity index is 569. The fourth-order valence-corrected chi connectivity index (χ4v) is 1.93. The van der Waals surface area contributed by atoms with Crippen molar-refractivity contribution in [2.45, 2.75) is 19.4 Å². The van der Waals surface area contributed by atoms with Crippen molar-refractivity contribution in [1.82, 2.24) is 10.1 Å². The molecule has 108 valence electrons. The van der Waals surface area contributed by atoms with Gasteiger partial charge >= 0.3 is 0 Å². The summed E-state index contributed by atoms with van der Waals surface area (Å²) in [4.78, 5) is 4.35. The molecular formula is C14H19N3O3. The smallest absolute Gasteiger partial charge is 0.228 e. The second kappa shape index (κ2) is 6.49. The monoisotopic (exact) mass is 277 g/mol. The summed E-state index contributed by atoms with van der Waals surface area (Å²) in [7, 11) is 3.23. The highest BCUT2D eigenvalue weighted by atomic mass is 16.5. The molecule has 6 heteroatoms. The van der Waals surface area contributed by atoms with Crippen molar-refractivity contribution in [2.24, 2.45) is 5.73 Å². The maximum atomic E-state index is 5.86. The molecule has 0 bridgehead atoms. The van der Waals surface area contributed by atoms with Gasteiger partial charge in [0, 0.05) is 19.6 Å². The minimum atomic E-state index is -0.159. The van der Waals surface area contributed by atoms with Crippen molar-refractivity contribution in [3.63, 3.8) is 0 Å². The first kappa shape index (κ1) is 14.5. The lowest BCUT2D eigenvalue weighted by molar-refractivity contribution is 0.176. The van der Waals surface area contributed by atoms with Crippen LogP contribution in [0.3, 0.4) is 0 Å². The lowest BCUT2D eigenvalue weighted by Gasteiger charge is -2.06. The van der Waals surface area contributed by atoms with Gasteiger partial charge in [0.1, 0.15) is 5.75 Å². The Kier molecular flexibility index (Phi) is 4.70. The number of rotatable bonds is 6. The van der Waals surface area contributed by atoms with Crippen LogP contribution in [0.25, 0.3) is 11.4 Å². The first-order valence-corrected chi connectivity index (χ1v) is 6.36. The fourth-order valence-electron chi connectivity index (χ4n) is 1.93. The number of benzene rings is 1. The van der Waals surface area contributed by atoms with Crippen LogP contribution in [0.15, 0.2) is 22.7 Å². The fraction of sp³-hybridized carbons (Fsp3) is 0.429. The molecule has 0 aliphatic carbocycles. The van der Waals surface area contributed by atoms with Gasteiger partial charge in [-0.3, -0.25) is 0 Å². The number of ether oxygens (including phenoxy) is 2. The predicted octanol–water partition coefficient (Wildman–Crippen LogP) is 1.57.